The van der Waals surface area contributed by atoms with E-state index in [0.29, 0.717) is 5.56 Å². The van der Waals surface area contributed by atoms with Crippen LogP contribution in [-0.4, -0.2) is 4.98 Å². The van der Waals surface area contributed by atoms with Gasteiger partial charge in [0.05, 0.1) is 27.3 Å². The Morgan fingerprint density at radius 3 is 2.74 bits per heavy atom. The zero-order valence-corrected chi connectivity index (χ0v) is 12.6. The first-order valence-electron chi connectivity index (χ1n) is 5.91. The van der Waals surface area contributed by atoms with Crippen LogP contribution in [0.2, 0.25) is 4.34 Å². The molecule has 0 saturated heterocycles. The zero-order chi connectivity index (χ0) is 14.0. The van der Waals surface area contributed by atoms with Gasteiger partial charge in [-0.3, -0.25) is 4.98 Å². The molecule has 2 rings (SSSR count). The third-order valence-electron chi connectivity index (χ3n) is 2.83. The van der Waals surface area contributed by atoms with Gasteiger partial charge in [0, 0.05) is 10.6 Å². The standard InChI is InChI=1S/C14H14ClN3S/c1-8-6-12(11(7-16)9(2)17-8)18-10(3)13-4-5-14(15)19-13/h4-6,10H,1-3H3,(H,17,18). The van der Waals surface area contributed by atoms with Crippen molar-refractivity contribution in [2.24, 2.45) is 0 Å². The van der Waals surface area contributed by atoms with E-state index in [2.05, 4.69) is 23.3 Å². The summed E-state index contributed by atoms with van der Waals surface area (Å²) < 4.78 is 0.770. The second-order valence-corrected chi connectivity index (χ2v) is 6.14. The quantitative estimate of drug-likeness (QED) is 0.908. The Kier molecular flexibility index (Phi) is 4.08. The lowest BCUT2D eigenvalue weighted by Gasteiger charge is -2.16. The maximum atomic E-state index is 9.23. The Hall–Kier alpha value is -1.57. The lowest BCUT2D eigenvalue weighted by Crippen LogP contribution is -2.08. The molecule has 0 aliphatic heterocycles. The van der Waals surface area contributed by atoms with Gasteiger partial charge < -0.3 is 5.32 Å². The van der Waals surface area contributed by atoms with Crippen LogP contribution >= 0.6 is 22.9 Å². The van der Waals surface area contributed by atoms with E-state index in [1.54, 1.807) is 11.3 Å². The van der Waals surface area contributed by atoms with Gasteiger partial charge in [-0.25, -0.2) is 0 Å². The third kappa shape index (κ3) is 3.06. The molecule has 2 aromatic rings. The van der Waals surface area contributed by atoms with Crippen LogP contribution in [0.4, 0.5) is 5.69 Å². The largest absolute Gasteiger partial charge is 0.377 e. The Morgan fingerprint density at radius 1 is 1.42 bits per heavy atom. The molecule has 2 aromatic heterocycles. The van der Waals surface area contributed by atoms with Gasteiger partial charge in [0.2, 0.25) is 0 Å². The summed E-state index contributed by atoms with van der Waals surface area (Å²) in [5.41, 5.74) is 3.07. The Morgan fingerprint density at radius 2 is 2.16 bits per heavy atom. The molecule has 0 radical (unpaired) electrons. The molecule has 3 nitrogen and oxygen atoms in total. The number of pyridine rings is 1. The molecule has 0 aromatic carbocycles. The number of nitrogens with zero attached hydrogens (tertiary/aromatic N) is 2. The number of anilines is 1. The van der Waals surface area contributed by atoms with Crippen molar-refractivity contribution in [1.82, 2.24) is 4.98 Å². The van der Waals surface area contributed by atoms with E-state index < -0.39 is 0 Å². The smallest absolute Gasteiger partial charge is 0.103 e. The van der Waals surface area contributed by atoms with Crippen molar-refractivity contribution >= 4 is 28.6 Å². The summed E-state index contributed by atoms with van der Waals surface area (Å²) in [6, 6.07) is 8.09. The molecule has 0 spiro atoms. The predicted molar refractivity (Wildman–Crippen MR) is 79.8 cm³/mol. The molecule has 1 N–H and O–H groups in total. The second kappa shape index (κ2) is 5.60. The van der Waals surface area contributed by atoms with Crippen molar-refractivity contribution in [2.75, 3.05) is 5.32 Å². The highest BCUT2D eigenvalue weighted by molar-refractivity contribution is 7.16. The number of aryl methyl sites for hydroxylation is 2. The highest BCUT2D eigenvalue weighted by Gasteiger charge is 2.13. The van der Waals surface area contributed by atoms with Crippen LogP contribution < -0.4 is 5.32 Å². The summed E-state index contributed by atoms with van der Waals surface area (Å²) in [5.74, 6) is 0. The highest BCUT2D eigenvalue weighted by atomic mass is 35.5. The van der Waals surface area contributed by atoms with Crippen LogP contribution in [0, 0.1) is 25.2 Å². The minimum absolute atomic E-state index is 0.103. The lowest BCUT2D eigenvalue weighted by molar-refractivity contribution is 0.903. The molecule has 98 valence electrons. The van der Waals surface area contributed by atoms with E-state index in [1.807, 2.05) is 32.0 Å². The fourth-order valence-corrected chi connectivity index (χ4v) is 3.01. The molecule has 0 amide bonds. The average Bonchev–Trinajstić information content (AvgIpc) is 2.75. The summed E-state index contributed by atoms with van der Waals surface area (Å²) in [6.07, 6.45) is 0. The summed E-state index contributed by atoms with van der Waals surface area (Å²) in [4.78, 5) is 5.45. The molecule has 0 aliphatic carbocycles. The summed E-state index contributed by atoms with van der Waals surface area (Å²) >= 11 is 7.49. The number of nitrogens with one attached hydrogen (secondary N) is 1. The Balaban J connectivity index is 2.31. The first-order chi connectivity index (χ1) is 9.01. The fourth-order valence-electron chi connectivity index (χ4n) is 1.95. The third-order valence-corrected chi connectivity index (χ3v) is 4.25. The van der Waals surface area contributed by atoms with Crippen molar-refractivity contribution in [3.05, 3.63) is 44.4 Å². The van der Waals surface area contributed by atoms with Gasteiger partial charge in [-0.1, -0.05) is 11.6 Å². The van der Waals surface area contributed by atoms with Gasteiger partial charge in [-0.05, 0) is 39.0 Å². The van der Waals surface area contributed by atoms with Crippen LogP contribution in [0.15, 0.2) is 18.2 Å². The van der Waals surface area contributed by atoms with Crippen LogP contribution in [-0.2, 0) is 0 Å². The van der Waals surface area contributed by atoms with Crippen LogP contribution in [0.25, 0.3) is 0 Å². The average molecular weight is 292 g/mol. The van der Waals surface area contributed by atoms with Crippen molar-refractivity contribution < 1.29 is 0 Å². The minimum atomic E-state index is 0.103. The van der Waals surface area contributed by atoms with Gasteiger partial charge in [-0.2, -0.15) is 5.26 Å². The van der Waals surface area contributed by atoms with Gasteiger partial charge in [0.1, 0.15) is 6.07 Å². The number of rotatable bonds is 3. The molecular formula is C14H14ClN3S. The summed E-state index contributed by atoms with van der Waals surface area (Å²) in [6.45, 7) is 5.82. The normalized spacial score (nSPS) is 11.9. The SMILES string of the molecule is Cc1cc(NC(C)c2ccc(Cl)s2)c(C#N)c(C)n1. The zero-order valence-electron chi connectivity index (χ0n) is 11.0. The number of halogens is 1. The van der Waals surface area contributed by atoms with E-state index in [0.717, 1.165) is 26.3 Å². The molecule has 0 saturated carbocycles. The van der Waals surface area contributed by atoms with E-state index in [-0.39, 0.29) is 6.04 Å². The first kappa shape index (κ1) is 13.9. The minimum Gasteiger partial charge on any atom is -0.377 e. The summed E-state index contributed by atoms with van der Waals surface area (Å²) in [7, 11) is 0. The van der Waals surface area contributed by atoms with E-state index >= 15 is 0 Å². The van der Waals surface area contributed by atoms with E-state index in [9.17, 15) is 5.26 Å². The van der Waals surface area contributed by atoms with Crippen molar-refractivity contribution in [3.63, 3.8) is 0 Å². The predicted octanol–water partition coefficient (Wildman–Crippen LogP) is 4.46. The monoisotopic (exact) mass is 291 g/mol. The van der Waals surface area contributed by atoms with Gasteiger partial charge in [-0.15, -0.1) is 11.3 Å². The maximum Gasteiger partial charge on any atom is 0.103 e. The molecule has 19 heavy (non-hydrogen) atoms. The highest BCUT2D eigenvalue weighted by Crippen LogP contribution is 2.30. The Bertz CT molecular complexity index is 643. The van der Waals surface area contributed by atoms with Gasteiger partial charge in [0.25, 0.3) is 0 Å². The fraction of sp³-hybridized carbons (Fsp3) is 0.286. The molecule has 0 aliphatic rings. The van der Waals surface area contributed by atoms with Gasteiger partial charge in [0.15, 0.2) is 0 Å². The molecule has 0 bridgehead atoms. The Labute approximate surface area is 121 Å². The van der Waals surface area contributed by atoms with Crippen molar-refractivity contribution in [1.29, 1.82) is 5.26 Å². The topological polar surface area (TPSA) is 48.7 Å². The van der Waals surface area contributed by atoms with Crippen molar-refractivity contribution in [2.45, 2.75) is 26.8 Å². The maximum absolute atomic E-state index is 9.23. The van der Waals surface area contributed by atoms with E-state index in [4.69, 9.17) is 11.6 Å². The van der Waals surface area contributed by atoms with E-state index in [1.165, 1.54) is 0 Å². The molecule has 5 heteroatoms. The second-order valence-electron chi connectivity index (χ2n) is 4.39. The lowest BCUT2D eigenvalue weighted by atomic mass is 10.1. The molecule has 1 unspecified atom stereocenters. The molecular weight excluding hydrogens is 278 g/mol. The molecule has 2 heterocycles. The van der Waals surface area contributed by atoms with Gasteiger partial charge >= 0.3 is 0 Å². The van der Waals surface area contributed by atoms with Crippen LogP contribution in [0.3, 0.4) is 0 Å². The van der Waals surface area contributed by atoms with Crippen LogP contribution in [0.1, 0.15) is 34.8 Å². The number of hydrogen-bond donors (Lipinski definition) is 1. The number of thiophene rings is 1. The number of aromatic nitrogens is 1. The summed E-state index contributed by atoms with van der Waals surface area (Å²) in [5, 5.41) is 12.6. The van der Waals surface area contributed by atoms with Crippen molar-refractivity contribution in [3.8, 4) is 6.07 Å². The first-order valence-corrected chi connectivity index (χ1v) is 7.11. The number of nitriles is 1. The molecule has 0 fully saturated rings. The number of hydrogen-bond acceptors (Lipinski definition) is 4. The molecule has 1 atom stereocenters. The van der Waals surface area contributed by atoms with Crippen LogP contribution in [0.5, 0.6) is 0 Å².